The van der Waals surface area contributed by atoms with Crippen molar-refractivity contribution in [2.75, 3.05) is 5.43 Å². The first-order valence-corrected chi connectivity index (χ1v) is 7.94. The van der Waals surface area contributed by atoms with Gasteiger partial charge < -0.3 is 4.57 Å². The number of fused-ring (bicyclic) bond motifs is 1. The van der Waals surface area contributed by atoms with E-state index in [1.807, 2.05) is 44.2 Å². The predicted octanol–water partition coefficient (Wildman–Crippen LogP) is 1.46. The maximum absolute atomic E-state index is 12.6. The fraction of sp³-hybridized carbons (Fsp3) is 0.294. The van der Waals surface area contributed by atoms with Crippen molar-refractivity contribution >= 4 is 23.3 Å². The topological polar surface area (TPSA) is 86.2 Å². The van der Waals surface area contributed by atoms with Gasteiger partial charge in [0.25, 0.3) is 5.56 Å². The van der Waals surface area contributed by atoms with E-state index in [2.05, 4.69) is 15.5 Å². The molecule has 0 bridgehead atoms. The molecule has 0 spiro atoms. The van der Waals surface area contributed by atoms with Crippen LogP contribution in [0.3, 0.4) is 0 Å². The molecule has 25 heavy (non-hydrogen) atoms. The smallest absolute Gasteiger partial charge is 0.300 e. The summed E-state index contributed by atoms with van der Waals surface area (Å²) in [5.41, 5.74) is 3.74. The number of hydrogen-bond acceptors (Lipinski definition) is 5. The van der Waals surface area contributed by atoms with Crippen LogP contribution in [0, 0.1) is 0 Å². The first-order valence-electron chi connectivity index (χ1n) is 7.94. The zero-order valence-corrected chi connectivity index (χ0v) is 14.6. The molecule has 0 fully saturated rings. The van der Waals surface area contributed by atoms with Gasteiger partial charge in [0.15, 0.2) is 11.2 Å². The summed E-state index contributed by atoms with van der Waals surface area (Å²) in [5, 5.41) is 4.20. The van der Waals surface area contributed by atoms with Crippen LogP contribution in [-0.4, -0.2) is 24.9 Å². The van der Waals surface area contributed by atoms with Crippen LogP contribution >= 0.6 is 0 Å². The van der Waals surface area contributed by atoms with Crippen molar-refractivity contribution in [2.24, 2.45) is 19.2 Å². The Morgan fingerprint density at radius 2 is 1.80 bits per heavy atom. The highest BCUT2D eigenvalue weighted by Crippen LogP contribution is 2.20. The Balaban J connectivity index is 2.12. The molecule has 0 unspecified atom stereocenters. The molecule has 2 aromatic heterocycles. The van der Waals surface area contributed by atoms with E-state index >= 15 is 0 Å². The van der Waals surface area contributed by atoms with Gasteiger partial charge in [0.2, 0.25) is 5.95 Å². The van der Waals surface area contributed by atoms with Gasteiger partial charge in [-0.25, -0.2) is 10.2 Å². The highest BCUT2D eigenvalue weighted by Gasteiger charge is 2.20. The SMILES string of the molecule is CC(C)n1c(NN=Cc2ccccc2)nc2c1c(=O)n(C)c(=O)n2C. The Hall–Kier alpha value is -3.16. The van der Waals surface area contributed by atoms with Crippen molar-refractivity contribution in [1.82, 2.24) is 18.7 Å². The second-order valence-corrected chi connectivity index (χ2v) is 6.06. The minimum atomic E-state index is -0.412. The van der Waals surface area contributed by atoms with Crippen LogP contribution in [-0.2, 0) is 14.1 Å². The fourth-order valence-electron chi connectivity index (χ4n) is 2.70. The van der Waals surface area contributed by atoms with Gasteiger partial charge in [-0.2, -0.15) is 10.1 Å². The molecule has 0 saturated carbocycles. The van der Waals surface area contributed by atoms with Crippen LogP contribution < -0.4 is 16.7 Å². The summed E-state index contributed by atoms with van der Waals surface area (Å²) in [4.78, 5) is 29.1. The third-order valence-electron chi connectivity index (χ3n) is 3.99. The van der Waals surface area contributed by atoms with E-state index < -0.39 is 5.69 Å². The van der Waals surface area contributed by atoms with Gasteiger partial charge in [-0.1, -0.05) is 30.3 Å². The Morgan fingerprint density at radius 1 is 1.12 bits per heavy atom. The van der Waals surface area contributed by atoms with Gasteiger partial charge in [-0.15, -0.1) is 0 Å². The van der Waals surface area contributed by atoms with E-state index in [-0.39, 0.29) is 11.6 Å². The highest BCUT2D eigenvalue weighted by atomic mass is 16.2. The Labute approximate surface area is 144 Å². The molecule has 0 amide bonds. The van der Waals surface area contributed by atoms with Crippen LogP contribution in [0.4, 0.5) is 5.95 Å². The summed E-state index contributed by atoms with van der Waals surface area (Å²) >= 11 is 0. The molecule has 2 heterocycles. The third kappa shape index (κ3) is 2.86. The number of rotatable bonds is 4. The normalized spacial score (nSPS) is 11.7. The molecule has 0 radical (unpaired) electrons. The number of anilines is 1. The monoisotopic (exact) mass is 340 g/mol. The van der Waals surface area contributed by atoms with E-state index in [4.69, 9.17) is 0 Å². The molecule has 0 atom stereocenters. The lowest BCUT2D eigenvalue weighted by Crippen LogP contribution is -2.37. The molecule has 130 valence electrons. The highest BCUT2D eigenvalue weighted by molar-refractivity contribution is 5.80. The Bertz CT molecular complexity index is 1060. The predicted molar refractivity (Wildman–Crippen MR) is 98.3 cm³/mol. The number of imidazole rings is 1. The van der Waals surface area contributed by atoms with Crippen LogP contribution in [0.2, 0.25) is 0 Å². The van der Waals surface area contributed by atoms with Crippen molar-refractivity contribution in [3.63, 3.8) is 0 Å². The number of benzene rings is 1. The summed E-state index contributed by atoms with van der Waals surface area (Å²) in [6.07, 6.45) is 1.67. The molecular weight excluding hydrogens is 320 g/mol. The molecule has 1 aromatic carbocycles. The summed E-state index contributed by atoms with van der Waals surface area (Å²) in [5.74, 6) is 0.412. The van der Waals surface area contributed by atoms with Gasteiger partial charge >= 0.3 is 5.69 Å². The molecule has 8 nitrogen and oxygen atoms in total. The van der Waals surface area contributed by atoms with E-state index in [9.17, 15) is 9.59 Å². The van der Waals surface area contributed by atoms with Gasteiger partial charge in [-0.3, -0.25) is 13.9 Å². The molecule has 3 aromatic rings. The zero-order valence-electron chi connectivity index (χ0n) is 14.6. The molecule has 0 aliphatic carbocycles. The number of aromatic nitrogens is 4. The van der Waals surface area contributed by atoms with Gasteiger partial charge in [0.05, 0.1) is 6.21 Å². The van der Waals surface area contributed by atoms with Crippen molar-refractivity contribution in [3.8, 4) is 0 Å². The molecule has 1 N–H and O–H groups in total. The fourth-order valence-corrected chi connectivity index (χ4v) is 2.70. The standard InChI is InChI=1S/C17H20N6O2/c1-11(2)23-13-14(21(3)17(25)22(4)15(13)24)19-16(23)20-18-10-12-8-6-5-7-9-12/h5-11H,1-4H3,(H,19,20). The van der Waals surface area contributed by atoms with Crippen molar-refractivity contribution in [3.05, 3.63) is 56.7 Å². The number of nitrogens with zero attached hydrogens (tertiary/aromatic N) is 5. The summed E-state index contributed by atoms with van der Waals surface area (Å²) in [7, 11) is 3.06. The lowest BCUT2D eigenvalue weighted by atomic mass is 10.2. The molecule has 0 aliphatic heterocycles. The quantitative estimate of drug-likeness (QED) is 0.575. The maximum atomic E-state index is 12.6. The maximum Gasteiger partial charge on any atom is 0.332 e. The molecule has 0 aliphatic rings. The van der Waals surface area contributed by atoms with Gasteiger partial charge in [0.1, 0.15) is 0 Å². The van der Waals surface area contributed by atoms with Crippen LogP contribution in [0.1, 0.15) is 25.5 Å². The zero-order chi connectivity index (χ0) is 18.1. The van der Waals surface area contributed by atoms with Gasteiger partial charge in [0, 0.05) is 20.1 Å². The first kappa shape index (κ1) is 16.7. The lowest BCUT2D eigenvalue weighted by molar-refractivity contribution is 0.615. The summed E-state index contributed by atoms with van der Waals surface area (Å²) < 4.78 is 4.20. The Kier molecular flexibility index (Phi) is 4.26. The van der Waals surface area contributed by atoms with Crippen LogP contribution in [0.15, 0.2) is 45.0 Å². The second kappa shape index (κ2) is 6.39. The largest absolute Gasteiger partial charge is 0.332 e. The molecule has 3 rings (SSSR count). The summed E-state index contributed by atoms with van der Waals surface area (Å²) in [6, 6.07) is 9.59. The van der Waals surface area contributed by atoms with E-state index in [0.29, 0.717) is 17.1 Å². The summed E-state index contributed by atoms with van der Waals surface area (Å²) in [6.45, 7) is 3.88. The van der Waals surface area contributed by atoms with Crippen LogP contribution in [0.5, 0.6) is 0 Å². The number of hydrazone groups is 1. The minimum absolute atomic E-state index is 0.0374. The third-order valence-corrected chi connectivity index (χ3v) is 3.99. The number of nitrogens with one attached hydrogen (secondary N) is 1. The van der Waals surface area contributed by atoms with Crippen molar-refractivity contribution in [1.29, 1.82) is 0 Å². The van der Waals surface area contributed by atoms with E-state index in [1.54, 1.807) is 17.8 Å². The average Bonchev–Trinajstić information content (AvgIpc) is 2.99. The van der Waals surface area contributed by atoms with E-state index in [0.717, 1.165) is 10.1 Å². The lowest BCUT2D eigenvalue weighted by Gasteiger charge is -2.12. The van der Waals surface area contributed by atoms with E-state index in [1.165, 1.54) is 11.6 Å². The Morgan fingerprint density at radius 3 is 2.44 bits per heavy atom. The number of hydrogen-bond donors (Lipinski definition) is 1. The first-order chi connectivity index (χ1) is 11.9. The second-order valence-electron chi connectivity index (χ2n) is 6.06. The van der Waals surface area contributed by atoms with Crippen molar-refractivity contribution in [2.45, 2.75) is 19.9 Å². The molecule has 8 heteroatoms. The average molecular weight is 340 g/mol. The molecular formula is C17H20N6O2. The molecule has 0 saturated heterocycles. The number of aryl methyl sites for hydroxylation is 1. The van der Waals surface area contributed by atoms with Gasteiger partial charge in [-0.05, 0) is 19.4 Å². The minimum Gasteiger partial charge on any atom is -0.300 e. The van der Waals surface area contributed by atoms with Crippen LogP contribution in [0.25, 0.3) is 11.2 Å². The van der Waals surface area contributed by atoms with Crippen molar-refractivity contribution < 1.29 is 0 Å².